The van der Waals surface area contributed by atoms with Crippen molar-refractivity contribution in [3.8, 4) is 0 Å². The quantitative estimate of drug-likeness (QED) is 0.662. The van der Waals surface area contributed by atoms with Crippen LogP contribution in [0.5, 0.6) is 0 Å². The van der Waals surface area contributed by atoms with E-state index in [9.17, 15) is 4.79 Å². The van der Waals surface area contributed by atoms with Gasteiger partial charge < -0.3 is 9.64 Å². The van der Waals surface area contributed by atoms with Crippen LogP contribution in [0.4, 0.5) is 0 Å². The molecule has 0 N–H and O–H groups in total. The molecule has 4 heteroatoms. The molecule has 0 fully saturated rings. The molecule has 1 heterocycles. The first kappa shape index (κ1) is 13.5. The summed E-state index contributed by atoms with van der Waals surface area (Å²) >= 11 is 0. The second-order valence-corrected chi connectivity index (χ2v) is 3.47. The molecule has 0 unspecified atom stereocenters. The minimum Gasteiger partial charge on any atom is -0.463 e. The van der Waals surface area contributed by atoms with Gasteiger partial charge in [-0.3, -0.25) is 0 Å². The SMILES string of the molecule is CCOC(=O)C1=C(C)CCN(C)C1.Cl. The van der Waals surface area contributed by atoms with Gasteiger partial charge in [0.1, 0.15) is 0 Å². The van der Waals surface area contributed by atoms with Gasteiger partial charge >= 0.3 is 5.97 Å². The molecule has 0 aromatic carbocycles. The summed E-state index contributed by atoms with van der Waals surface area (Å²) in [6, 6.07) is 0. The molecule has 0 amide bonds. The van der Waals surface area contributed by atoms with Crippen LogP contribution in [0.1, 0.15) is 20.3 Å². The number of carbonyl (C=O) groups is 1. The monoisotopic (exact) mass is 219 g/mol. The number of nitrogens with zero attached hydrogens (tertiary/aromatic N) is 1. The summed E-state index contributed by atoms with van der Waals surface area (Å²) in [6.07, 6.45) is 0.977. The number of likely N-dealkylation sites (N-methyl/N-ethyl adjacent to an activating group) is 1. The molecule has 1 rings (SSSR count). The minimum absolute atomic E-state index is 0. The second-order valence-electron chi connectivity index (χ2n) is 3.47. The number of halogens is 1. The summed E-state index contributed by atoms with van der Waals surface area (Å²) < 4.78 is 4.98. The van der Waals surface area contributed by atoms with E-state index in [1.807, 2.05) is 20.9 Å². The fourth-order valence-electron chi connectivity index (χ4n) is 1.45. The highest BCUT2D eigenvalue weighted by Gasteiger charge is 2.19. The zero-order valence-corrected chi connectivity index (χ0v) is 9.82. The number of rotatable bonds is 2. The van der Waals surface area contributed by atoms with Crippen LogP contribution < -0.4 is 0 Å². The summed E-state index contributed by atoms with van der Waals surface area (Å²) in [7, 11) is 2.02. The zero-order valence-electron chi connectivity index (χ0n) is 9.00. The van der Waals surface area contributed by atoms with Crippen molar-refractivity contribution in [2.24, 2.45) is 0 Å². The first-order valence-corrected chi connectivity index (χ1v) is 4.69. The van der Waals surface area contributed by atoms with Gasteiger partial charge in [-0.1, -0.05) is 5.57 Å². The van der Waals surface area contributed by atoms with E-state index < -0.39 is 0 Å². The Bertz CT molecular complexity index is 238. The number of ether oxygens (including phenoxy) is 1. The van der Waals surface area contributed by atoms with Crippen molar-refractivity contribution >= 4 is 18.4 Å². The van der Waals surface area contributed by atoms with E-state index >= 15 is 0 Å². The van der Waals surface area contributed by atoms with E-state index in [1.54, 1.807) is 0 Å². The van der Waals surface area contributed by atoms with Crippen molar-refractivity contribution in [1.82, 2.24) is 4.90 Å². The summed E-state index contributed by atoms with van der Waals surface area (Å²) in [6.45, 7) is 6.07. The maximum Gasteiger partial charge on any atom is 0.335 e. The third-order valence-corrected chi connectivity index (χ3v) is 2.33. The molecule has 0 aromatic rings. The maximum absolute atomic E-state index is 11.4. The van der Waals surface area contributed by atoms with E-state index in [0.717, 1.165) is 25.1 Å². The van der Waals surface area contributed by atoms with Crippen molar-refractivity contribution in [3.05, 3.63) is 11.1 Å². The Morgan fingerprint density at radius 2 is 2.21 bits per heavy atom. The molecule has 82 valence electrons. The number of esters is 1. The van der Waals surface area contributed by atoms with Gasteiger partial charge in [-0.2, -0.15) is 0 Å². The molecule has 0 aromatic heterocycles. The van der Waals surface area contributed by atoms with Gasteiger partial charge in [-0.05, 0) is 27.3 Å². The molecule has 0 saturated heterocycles. The van der Waals surface area contributed by atoms with Crippen LogP contribution in [0.3, 0.4) is 0 Å². The predicted octanol–water partition coefficient (Wildman–Crippen LogP) is 1.62. The Labute approximate surface area is 91.5 Å². The van der Waals surface area contributed by atoms with Crippen LogP contribution in [-0.2, 0) is 9.53 Å². The number of hydrogen-bond donors (Lipinski definition) is 0. The van der Waals surface area contributed by atoms with Gasteiger partial charge in [-0.15, -0.1) is 12.4 Å². The Morgan fingerprint density at radius 3 is 2.79 bits per heavy atom. The highest BCUT2D eigenvalue weighted by Crippen LogP contribution is 2.17. The molecule has 0 bridgehead atoms. The largest absolute Gasteiger partial charge is 0.463 e. The van der Waals surface area contributed by atoms with Crippen LogP contribution in [0.25, 0.3) is 0 Å². The third-order valence-electron chi connectivity index (χ3n) is 2.33. The Balaban J connectivity index is 0.00000169. The van der Waals surface area contributed by atoms with Gasteiger partial charge in [0, 0.05) is 13.1 Å². The fraction of sp³-hybridized carbons (Fsp3) is 0.700. The van der Waals surface area contributed by atoms with Crippen molar-refractivity contribution in [1.29, 1.82) is 0 Å². The van der Waals surface area contributed by atoms with E-state index in [0.29, 0.717) is 6.61 Å². The topological polar surface area (TPSA) is 29.5 Å². The number of carbonyl (C=O) groups excluding carboxylic acids is 1. The minimum atomic E-state index is -0.147. The van der Waals surface area contributed by atoms with Crippen molar-refractivity contribution in [2.75, 3.05) is 26.7 Å². The van der Waals surface area contributed by atoms with Crippen molar-refractivity contribution in [3.63, 3.8) is 0 Å². The molecule has 1 aliphatic rings. The molecule has 0 radical (unpaired) electrons. The van der Waals surface area contributed by atoms with Gasteiger partial charge in [0.15, 0.2) is 0 Å². The maximum atomic E-state index is 11.4. The molecule has 0 spiro atoms. The van der Waals surface area contributed by atoms with Gasteiger partial charge in [0.25, 0.3) is 0 Å². The predicted molar refractivity (Wildman–Crippen MR) is 58.7 cm³/mol. The van der Waals surface area contributed by atoms with Crippen molar-refractivity contribution in [2.45, 2.75) is 20.3 Å². The molecule has 14 heavy (non-hydrogen) atoms. The highest BCUT2D eigenvalue weighted by molar-refractivity contribution is 5.90. The molecule has 1 aliphatic heterocycles. The Hall–Kier alpha value is -0.540. The van der Waals surface area contributed by atoms with E-state index in [2.05, 4.69) is 4.90 Å². The van der Waals surface area contributed by atoms with Crippen LogP contribution >= 0.6 is 12.4 Å². The van der Waals surface area contributed by atoms with E-state index in [1.165, 1.54) is 5.57 Å². The zero-order chi connectivity index (χ0) is 9.84. The molecule has 0 atom stereocenters. The van der Waals surface area contributed by atoms with Gasteiger partial charge in [-0.25, -0.2) is 4.79 Å². The average molecular weight is 220 g/mol. The summed E-state index contributed by atoms with van der Waals surface area (Å²) in [5.41, 5.74) is 2.02. The highest BCUT2D eigenvalue weighted by atomic mass is 35.5. The lowest BCUT2D eigenvalue weighted by molar-refractivity contribution is -0.139. The smallest absolute Gasteiger partial charge is 0.335 e. The Kier molecular flexibility index (Phi) is 5.81. The van der Waals surface area contributed by atoms with Gasteiger partial charge in [0.05, 0.1) is 12.2 Å². The van der Waals surface area contributed by atoms with Crippen LogP contribution in [0.15, 0.2) is 11.1 Å². The summed E-state index contributed by atoms with van der Waals surface area (Å²) in [5.74, 6) is -0.147. The average Bonchev–Trinajstić information content (AvgIpc) is 2.09. The van der Waals surface area contributed by atoms with E-state index in [-0.39, 0.29) is 18.4 Å². The number of hydrogen-bond acceptors (Lipinski definition) is 3. The lowest BCUT2D eigenvalue weighted by Gasteiger charge is -2.24. The van der Waals surface area contributed by atoms with Crippen LogP contribution in [0, 0.1) is 0 Å². The van der Waals surface area contributed by atoms with Crippen LogP contribution in [-0.4, -0.2) is 37.6 Å². The lowest BCUT2D eigenvalue weighted by atomic mass is 10.0. The lowest BCUT2D eigenvalue weighted by Crippen LogP contribution is -2.31. The molecule has 3 nitrogen and oxygen atoms in total. The first-order valence-electron chi connectivity index (χ1n) is 4.69. The normalized spacial score (nSPS) is 17.6. The van der Waals surface area contributed by atoms with Crippen molar-refractivity contribution < 1.29 is 9.53 Å². The second kappa shape index (κ2) is 6.04. The molecule has 0 saturated carbocycles. The molecular formula is C10H18ClNO2. The van der Waals surface area contributed by atoms with Crippen LogP contribution in [0.2, 0.25) is 0 Å². The van der Waals surface area contributed by atoms with E-state index in [4.69, 9.17) is 4.74 Å². The first-order chi connectivity index (χ1) is 6.15. The third kappa shape index (κ3) is 3.31. The molecule has 0 aliphatic carbocycles. The molecular weight excluding hydrogens is 202 g/mol. The Morgan fingerprint density at radius 1 is 1.57 bits per heavy atom. The standard InChI is InChI=1S/C10H17NO2.ClH/c1-4-13-10(12)9-7-11(3)6-5-8(9)2;/h4-7H2,1-3H3;1H. The fourth-order valence-corrected chi connectivity index (χ4v) is 1.45. The van der Waals surface area contributed by atoms with Gasteiger partial charge in [0.2, 0.25) is 0 Å². The summed E-state index contributed by atoms with van der Waals surface area (Å²) in [4.78, 5) is 13.6. The summed E-state index contributed by atoms with van der Waals surface area (Å²) in [5, 5.41) is 0.